The molecular weight excluding hydrogens is 120 g/mol. The van der Waals surface area contributed by atoms with Gasteiger partial charge in [-0.05, 0) is 6.07 Å². The Hall–Kier alpha value is -1.25. The molecule has 0 unspecified atom stereocenters. The Labute approximate surface area is 52.2 Å². The molecule has 0 radical (unpaired) electrons. The van der Waals surface area contributed by atoms with Gasteiger partial charge in [-0.15, -0.1) is 0 Å². The van der Waals surface area contributed by atoms with E-state index in [1.165, 1.54) is 13.2 Å². The molecule has 1 heterocycles. The Kier molecular flexibility index (Phi) is 1.53. The minimum Gasteiger partial charge on any atom is -0.434 e. The Morgan fingerprint density at radius 2 is 2.56 bits per heavy atom. The summed E-state index contributed by atoms with van der Waals surface area (Å²) in [5.41, 5.74) is 0. The van der Waals surface area contributed by atoms with Gasteiger partial charge in [0.2, 0.25) is 0 Å². The molecule has 48 valence electrons. The third-order valence-electron chi connectivity index (χ3n) is 0.739. The molecular formula is C6H6O3. The van der Waals surface area contributed by atoms with Gasteiger partial charge in [0.1, 0.15) is 0 Å². The highest BCUT2D eigenvalue weighted by Crippen LogP contribution is 2.09. The van der Waals surface area contributed by atoms with Crippen LogP contribution in [0.15, 0.2) is 22.8 Å². The van der Waals surface area contributed by atoms with Crippen LogP contribution in [0.2, 0.25) is 0 Å². The van der Waals surface area contributed by atoms with Crippen molar-refractivity contribution in [2.24, 2.45) is 0 Å². The van der Waals surface area contributed by atoms with Crippen LogP contribution in [0.1, 0.15) is 6.92 Å². The predicted molar refractivity (Wildman–Crippen MR) is 30.0 cm³/mol. The predicted octanol–water partition coefficient (Wildman–Crippen LogP) is 1.20. The maximum atomic E-state index is 10.2. The number of ether oxygens (including phenoxy) is 1. The third kappa shape index (κ3) is 1.60. The molecule has 3 heteroatoms. The van der Waals surface area contributed by atoms with Crippen LogP contribution in [0.4, 0.5) is 0 Å². The standard InChI is InChI=1S/C6H6O3/c1-5(7)9-6-3-2-4-8-6/h2-4H,1H3. The largest absolute Gasteiger partial charge is 0.434 e. The van der Waals surface area contributed by atoms with Crippen LogP contribution in [0.25, 0.3) is 0 Å². The van der Waals surface area contributed by atoms with Crippen molar-refractivity contribution in [2.45, 2.75) is 6.92 Å². The first-order chi connectivity index (χ1) is 4.29. The van der Waals surface area contributed by atoms with E-state index < -0.39 is 0 Å². The zero-order chi connectivity index (χ0) is 6.69. The number of carbonyl (C=O) groups is 1. The van der Waals surface area contributed by atoms with Crippen molar-refractivity contribution < 1.29 is 13.9 Å². The highest BCUT2D eigenvalue weighted by molar-refractivity contribution is 5.68. The summed E-state index contributed by atoms with van der Waals surface area (Å²) in [5, 5.41) is 0. The SMILES string of the molecule is CC(=O)Oc1ccco1. The summed E-state index contributed by atoms with van der Waals surface area (Å²) in [4.78, 5) is 10.2. The molecule has 1 aromatic rings. The van der Waals surface area contributed by atoms with Crippen LogP contribution < -0.4 is 4.74 Å². The monoisotopic (exact) mass is 126 g/mol. The zero-order valence-corrected chi connectivity index (χ0v) is 4.96. The fraction of sp³-hybridized carbons (Fsp3) is 0.167. The Morgan fingerprint density at radius 1 is 1.78 bits per heavy atom. The third-order valence-corrected chi connectivity index (χ3v) is 0.739. The van der Waals surface area contributed by atoms with Gasteiger partial charge in [0.05, 0.1) is 6.26 Å². The average molecular weight is 126 g/mol. The van der Waals surface area contributed by atoms with Crippen LogP contribution >= 0.6 is 0 Å². The van der Waals surface area contributed by atoms with Crippen molar-refractivity contribution in [1.82, 2.24) is 0 Å². The van der Waals surface area contributed by atoms with Crippen molar-refractivity contribution in [3.63, 3.8) is 0 Å². The molecule has 0 N–H and O–H groups in total. The molecule has 1 rings (SSSR count). The van der Waals surface area contributed by atoms with Gasteiger partial charge in [-0.2, -0.15) is 0 Å². The van der Waals surface area contributed by atoms with Gasteiger partial charge in [-0.1, -0.05) is 0 Å². The van der Waals surface area contributed by atoms with E-state index in [0.29, 0.717) is 0 Å². The van der Waals surface area contributed by atoms with Gasteiger partial charge in [0.15, 0.2) is 0 Å². The molecule has 0 aromatic carbocycles. The lowest BCUT2D eigenvalue weighted by Gasteiger charge is -1.90. The first kappa shape index (κ1) is 5.88. The fourth-order valence-corrected chi connectivity index (χ4v) is 0.463. The number of rotatable bonds is 1. The zero-order valence-electron chi connectivity index (χ0n) is 4.96. The van der Waals surface area contributed by atoms with E-state index in [9.17, 15) is 4.79 Å². The lowest BCUT2D eigenvalue weighted by Crippen LogP contribution is -1.99. The van der Waals surface area contributed by atoms with E-state index >= 15 is 0 Å². The Balaban J connectivity index is 2.58. The summed E-state index contributed by atoms with van der Waals surface area (Å²) in [7, 11) is 0. The molecule has 0 bridgehead atoms. The molecule has 0 saturated carbocycles. The highest BCUT2D eigenvalue weighted by atomic mass is 16.6. The summed E-state index contributed by atoms with van der Waals surface area (Å²) in [6.45, 7) is 1.32. The summed E-state index contributed by atoms with van der Waals surface area (Å²) in [6.07, 6.45) is 1.44. The lowest BCUT2D eigenvalue weighted by molar-refractivity contribution is -0.133. The van der Waals surface area contributed by atoms with Gasteiger partial charge in [-0.3, -0.25) is 4.79 Å². The van der Waals surface area contributed by atoms with Gasteiger partial charge in [0, 0.05) is 13.0 Å². The molecule has 9 heavy (non-hydrogen) atoms. The fourth-order valence-electron chi connectivity index (χ4n) is 0.463. The highest BCUT2D eigenvalue weighted by Gasteiger charge is 1.96. The van der Waals surface area contributed by atoms with Gasteiger partial charge >= 0.3 is 5.97 Å². The first-order valence-electron chi connectivity index (χ1n) is 2.51. The van der Waals surface area contributed by atoms with E-state index in [1.54, 1.807) is 12.1 Å². The van der Waals surface area contributed by atoms with Crippen LogP contribution in [0.3, 0.4) is 0 Å². The van der Waals surface area contributed by atoms with Crippen molar-refractivity contribution >= 4 is 5.97 Å². The number of carbonyl (C=O) groups excluding carboxylic acids is 1. The van der Waals surface area contributed by atoms with Crippen LogP contribution in [-0.4, -0.2) is 5.97 Å². The summed E-state index contributed by atoms with van der Waals surface area (Å²) >= 11 is 0. The molecule has 0 aliphatic rings. The van der Waals surface area contributed by atoms with Crippen molar-refractivity contribution in [2.75, 3.05) is 0 Å². The molecule has 0 atom stereocenters. The molecule has 0 aliphatic heterocycles. The second-order valence-corrected chi connectivity index (χ2v) is 1.53. The molecule has 1 aromatic heterocycles. The van der Waals surface area contributed by atoms with Gasteiger partial charge < -0.3 is 9.15 Å². The van der Waals surface area contributed by atoms with E-state index in [4.69, 9.17) is 4.42 Å². The van der Waals surface area contributed by atoms with Crippen molar-refractivity contribution in [1.29, 1.82) is 0 Å². The minimum atomic E-state index is -0.370. The van der Waals surface area contributed by atoms with E-state index in [1.807, 2.05) is 0 Å². The quantitative estimate of drug-likeness (QED) is 0.531. The number of esters is 1. The maximum Gasteiger partial charge on any atom is 0.310 e. The second-order valence-electron chi connectivity index (χ2n) is 1.53. The van der Waals surface area contributed by atoms with Crippen LogP contribution in [0, 0.1) is 0 Å². The average Bonchev–Trinajstić information content (AvgIpc) is 2.15. The number of hydrogen-bond acceptors (Lipinski definition) is 3. The molecule has 0 aliphatic carbocycles. The number of furan rings is 1. The van der Waals surface area contributed by atoms with Crippen molar-refractivity contribution in [3.8, 4) is 5.95 Å². The molecule has 0 spiro atoms. The second kappa shape index (κ2) is 2.35. The molecule has 0 amide bonds. The van der Waals surface area contributed by atoms with E-state index in [2.05, 4.69) is 4.74 Å². The summed E-state index contributed by atoms with van der Waals surface area (Å²) in [6, 6.07) is 3.22. The topological polar surface area (TPSA) is 39.4 Å². The minimum absolute atomic E-state index is 0.238. The lowest BCUT2D eigenvalue weighted by atomic mass is 10.6. The van der Waals surface area contributed by atoms with E-state index in [0.717, 1.165) is 0 Å². The van der Waals surface area contributed by atoms with Gasteiger partial charge in [-0.25, -0.2) is 0 Å². The summed E-state index contributed by atoms with van der Waals surface area (Å²) < 4.78 is 9.25. The Bertz CT molecular complexity index is 188. The Morgan fingerprint density at radius 3 is 3.00 bits per heavy atom. The smallest absolute Gasteiger partial charge is 0.310 e. The molecule has 0 saturated heterocycles. The normalized spacial score (nSPS) is 9.00. The molecule has 0 fully saturated rings. The van der Waals surface area contributed by atoms with Crippen LogP contribution in [0.5, 0.6) is 5.95 Å². The summed E-state index contributed by atoms with van der Waals surface area (Å²) in [5.74, 6) is -0.132. The first-order valence-corrected chi connectivity index (χ1v) is 2.51. The van der Waals surface area contributed by atoms with E-state index in [-0.39, 0.29) is 11.9 Å². The van der Waals surface area contributed by atoms with Crippen molar-refractivity contribution in [3.05, 3.63) is 18.4 Å². The maximum absolute atomic E-state index is 10.2. The molecule has 3 nitrogen and oxygen atoms in total. The van der Waals surface area contributed by atoms with Gasteiger partial charge in [0.25, 0.3) is 5.95 Å². The number of hydrogen-bond donors (Lipinski definition) is 0. The van der Waals surface area contributed by atoms with Crippen LogP contribution in [-0.2, 0) is 4.79 Å².